The van der Waals surface area contributed by atoms with E-state index in [0.29, 0.717) is 5.75 Å². The molecule has 1 aromatic heterocycles. The second-order valence-electron chi connectivity index (χ2n) is 6.56. The first-order chi connectivity index (χ1) is 13.7. The van der Waals surface area contributed by atoms with Gasteiger partial charge in [-0.2, -0.15) is 0 Å². The number of carbonyl (C=O) groups excluding carboxylic acids is 1. The molecule has 0 atom stereocenters. The van der Waals surface area contributed by atoms with Crippen LogP contribution in [0.25, 0.3) is 16.9 Å². The number of nitrogens with zero attached hydrogens (tertiary/aromatic N) is 2. The predicted molar refractivity (Wildman–Crippen MR) is 115 cm³/mol. The molecule has 0 bridgehead atoms. The molecule has 1 heterocycles. The third kappa shape index (κ3) is 4.07. The second-order valence-corrected chi connectivity index (χ2v) is 7.50. The van der Waals surface area contributed by atoms with Crippen LogP contribution in [0.15, 0.2) is 96.3 Å². The molecule has 4 rings (SSSR count). The van der Waals surface area contributed by atoms with Crippen molar-refractivity contribution in [3.8, 4) is 16.9 Å². The highest BCUT2D eigenvalue weighted by atomic mass is 32.2. The van der Waals surface area contributed by atoms with E-state index in [1.165, 1.54) is 17.3 Å². The smallest absolute Gasteiger partial charge is 0.173 e. The van der Waals surface area contributed by atoms with E-state index in [9.17, 15) is 4.79 Å². The normalized spacial score (nSPS) is 10.8. The van der Waals surface area contributed by atoms with Gasteiger partial charge in [0.2, 0.25) is 0 Å². The molecule has 0 unspecified atom stereocenters. The van der Waals surface area contributed by atoms with Gasteiger partial charge >= 0.3 is 0 Å². The minimum atomic E-state index is 0.102. The highest BCUT2D eigenvalue weighted by Gasteiger charge is 2.14. The van der Waals surface area contributed by atoms with Crippen LogP contribution in [0, 0.1) is 6.92 Å². The Hall–Kier alpha value is -3.11. The van der Waals surface area contributed by atoms with Gasteiger partial charge in [-0.1, -0.05) is 90.1 Å². The van der Waals surface area contributed by atoms with Crippen LogP contribution in [-0.2, 0) is 0 Å². The molecule has 0 aliphatic rings. The number of hydrogen-bond donors (Lipinski definition) is 0. The van der Waals surface area contributed by atoms with E-state index >= 15 is 0 Å². The summed E-state index contributed by atoms with van der Waals surface area (Å²) in [6.45, 7) is 2.07. The molecule has 0 spiro atoms. The van der Waals surface area contributed by atoms with Gasteiger partial charge in [0.05, 0.1) is 11.4 Å². The van der Waals surface area contributed by atoms with Gasteiger partial charge in [-0.05, 0) is 19.1 Å². The standard InChI is InChI=1S/C24H20N2OS/c1-18-12-14-21(15-13-18)26-16-22(19-8-4-2-5-9-19)25-24(26)28-17-23(27)20-10-6-3-7-11-20/h2-16H,17H2,1H3. The Morgan fingerprint density at radius 1 is 0.893 bits per heavy atom. The van der Waals surface area contributed by atoms with Crippen molar-refractivity contribution in [3.05, 3.63) is 102 Å². The number of aromatic nitrogens is 2. The number of hydrogen-bond acceptors (Lipinski definition) is 3. The van der Waals surface area contributed by atoms with Crippen molar-refractivity contribution < 1.29 is 4.79 Å². The summed E-state index contributed by atoms with van der Waals surface area (Å²) in [4.78, 5) is 17.3. The van der Waals surface area contributed by atoms with Gasteiger partial charge in [-0.25, -0.2) is 4.98 Å². The summed E-state index contributed by atoms with van der Waals surface area (Å²) < 4.78 is 2.06. The average molecular weight is 385 g/mol. The van der Waals surface area contributed by atoms with Gasteiger partial charge in [0, 0.05) is 23.0 Å². The minimum Gasteiger partial charge on any atom is -0.294 e. The van der Waals surface area contributed by atoms with Crippen LogP contribution in [0.3, 0.4) is 0 Å². The molecule has 3 aromatic carbocycles. The van der Waals surface area contributed by atoms with E-state index < -0.39 is 0 Å². The third-order valence-corrected chi connectivity index (χ3v) is 5.44. The Balaban J connectivity index is 1.65. The van der Waals surface area contributed by atoms with E-state index in [4.69, 9.17) is 4.98 Å². The number of Topliss-reactive ketones (excluding diaryl/α,β-unsaturated/α-hetero) is 1. The topological polar surface area (TPSA) is 34.9 Å². The summed E-state index contributed by atoms with van der Waals surface area (Å²) in [6.07, 6.45) is 2.04. The molecule has 28 heavy (non-hydrogen) atoms. The maximum absolute atomic E-state index is 12.5. The van der Waals surface area contributed by atoms with E-state index in [2.05, 4.69) is 35.8 Å². The molecule has 0 fully saturated rings. The molecule has 0 amide bonds. The first kappa shape index (κ1) is 18.3. The van der Waals surface area contributed by atoms with Crippen LogP contribution in [0.5, 0.6) is 0 Å². The molecule has 0 saturated heterocycles. The Kier molecular flexibility index (Phi) is 5.40. The number of carbonyl (C=O) groups is 1. The highest BCUT2D eigenvalue weighted by molar-refractivity contribution is 7.99. The van der Waals surface area contributed by atoms with Gasteiger partial charge in [-0.15, -0.1) is 0 Å². The second kappa shape index (κ2) is 8.28. The summed E-state index contributed by atoms with van der Waals surface area (Å²) in [7, 11) is 0. The van der Waals surface area contributed by atoms with E-state index in [1.807, 2.05) is 66.9 Å². The molecular weight excluding hydrogens is 364 g/mol. The summed E-state index contributed by atoms with van der Waals surface area (Å²) >= 11 is 1.47. The lowest BCUT2D eigenvalue weighted by Crippen LogP contribution is -2.03. The Morgan fingerprint density at radius 2 is 1.54 bits per heavy atom. The van der Waals surface area contributed by atoms with Crippen LogP contribution in [0.4, 0.5) is 0 Å². The monoisotopic (exact) mass is 384 g/mol. The fourth-order valence-corrected chi connectivity index (χ4v) is 3.83. The van der Waals surface area contributed by atoms with Crippen LogP contribution in [-0.4, -0.2) is 21.1 Å². The zero-order valence-corrected chi connectivity index (χ0v) is 16.4. The SMILES string of the molecule is Cc1ccc(-n2cc(-c3ccccc3)nc2SCC(=O)c2ccccc2)cc1. The third-order valence-electron chi connectivity index (χ3n) is 4.48. The van der Waals surface area contributed by atoms with Crippen LogP contribution in [0.2, 0.25) is 0 Å². The van der Waals surface area contributed by atoms with Crippen LogP contribution < -0.4 is 0 Å². The van der Waals surface area contributed by atoms with Crippen LogP contribution >= 0.6 is 11.8 Å². The molecule has 0 saturated carbocycles. The number of thioether (sulfide) groups is 1. The predicted octanol–water partition coefficient (Wildman–Crippen LogP) is 5.82. The van der Waals surface area contributed by atoms with Gasteiger partial charge in [0.15, 0.2) is 10.9 Å². The lowest BCUT2D eigenvalue weighted by Gasteiger charge is -2.07. The van der Waals surface area contributed by atoms with Crippen molar-refractivity contribution in [2.45, 2.75) is 12.1 Å². The van der Waals surface area contributed by atoms with Crippen molar-refractivity contribution in [2.75, 3.05) is 5.75 Å². The molecule has 138 valence electrons. The van der Waals surface area contributed by atoms with E-state index in [0.717, 1.165) is 27.7 Å². The number of aryl methyl sites for hydroxylation is 1. The average Bonchev–Trinajstić information content (AvgIpc) is 3.18. The number of imidazole rings is 1. The number of rotatable bonds is 6. The lowest BCUT2D eigenvalue weighted by molar-refractivity contribution is 0.102. The summed E-state index contributed by atoms with van der Waals surface area (Å²) in [5, 5.41) is 0.812. The fourth-order valence-electron chi connectivity index (χ4n) is 2.94. The van der Waals surface area contributed by atoms with Crippen molar-refractivity contribution in [1.82, 2.24) is 9.55 Å². The first-order valence-corrected chi connectivity index (χ1v) is 10.1. The summed E-state index contributed by atoms with van der Waals surface area (Å²) in [6, 6.07) is 27.8. The molecular formula is C24H20N2OS. The molecule has 0 radical (unpaired) electrons. The molecule has 4 aromatic rings. The zero-order valence-electron chi connectivity index (χ0n) is 15.6. The Bertz CT molecular complexity index is 1070. The Morgan fingerprint density at radius 3 is 2.21 bits per heavy atom. The van der Waals surface area contributed by atoms with Gasteiger partial charge in [0.25, 0.3) is 0 Å². The number of ketones is 1. The van der Waals surface area contributed by atoms with Crippen molar-refractivity contribution >= 4 is 17.5 Å². The quantitative estimate of drug-likeness (QED) is 0.310. The molecule has 0 N–H and O–H groups in total. The van der Waals surface area contributed by atoms with Crippen molar-refractivity contribution in [1.29, 1.82) is 0 Å². The van der Waals surface area contributed by atoms with Gasteiger partial charge in [-0.3, -0.25) is 9.36 Å². The summed E-state index contributed by atoms with van der Waals surface area (Å²) in [5.74, 6) is 0.450. The molecule has 0 aliphatic heterocycles. The van der Waals surface area contributed by atoms with Crippen molar-refractivity contribution in [3.63, 3.8) is 0 Å². The van der Waals surface area contributed by atoms with Crippen molar-refractivity contribution in [2.24, 2.45) is 0 Å². The molecule has 4 heteroatoms. The number of benzene rings is 3. The maximum Gasteiger partial charge on any atom is 0.173 e. The van der Waals surface area contributed by atoms with Gasteiger partial charge in [0.1, 0.15) is 0 Å². The van der Waals surface area contributed by atoms with E-state index in [1.54, 1.807) is 0 Å². The zero-order chi connectivity index (χ0) is 19.3. The maximum atomic E-state index is 12.5. The van der Waals surface area contributed by atoms with E-state index in [-0.39, 0.29) is 5.78 Å². The highest BCUT2D eigenvalue weighted by Crippen LogP contribution is 2.28. The minimum absolute atomic E-state index is 0.102. The molecule has 0 aliphatic carbocycles. The Labute approximate surface area is 169 Å². The molecule has 3 nitrogen and oxygen atoms in total. The largest absolute Gasteiger partial charge is 0.294 e. The van der Waals surface area contributed by atoms with Crippen LogP contribution in [0.1, 0.15) is 15.9 Å². The summed E-state index contributed by atoms with van der Waals surface area (Å²) in [5.41, 5.74) is 4.93. The van der Waals surface area contributed by atoms with Gasteiger partial charge < -0.3 is 0 Å². The fraction of sp³-hybridized carbons (Fsp3) is 0.0833. The lowest BCUT2D eigenvalue weighted by atomic mass is 10.2. The first-order valence-electron chi connectivity index (χ1n) is 9.13.